The molecule has 0 saturated carbocycles. The number of sulfonamides is 1. The first-order valence-electron chi connectivity index (χ1n) is 7.84. The maximum Gasteiger partial charge on any atom is 0.215 e. The predicted octanol–water partition coefficient (Wildman–Crippen LogP) is 1.61. The smallest absolute Gasteiger partial charge is 0.215 e. The average molecular weight is 326 g/mol. The van der Waals surface area contributed by atoms with Crippen LogP contribution in [0.4, 0.5) is 0 Å². The van der Waals surface area contributed by atoms with Crippen molar-refractivity contribution in [1.29, 1.82) is 0 Å². The van der Waals surface area contributed by atoms with E-state index in [0.717, 1.165) is 31.6 Å². The topological polar surface area (TPSA) is 58.6 Å². The molecule has 0 aliphatic carbocycles. The first-order chi connectivity index (χ1) is 10.4. The van der Waals surface area contributed by atoms with Gasteiger partial charge in [-0.05, 0) is 32.4 Å². The molecule has 0 bridgehead atoms. The fraction of sp³-hybridized carbons (Fsp3) is 0.625. The lowest BCUT2D eigenvalue weighted by atomic mass is 10.2. The summed E-state index contributed by atoms with van der Waals surface area (Å²) in [4.78, 5) is 2.34. The second-order valence-electron chi connectivity index (χ2n) is 6.01. The first-order valence-corrected chi connectivity index (χ1v) is 9.49. The number of rotatable bonds is 7. The molecule has 1 saturated heterocycles. The Labute approximate surface area is 133 Å². The Bertz CT molecular complexity index is 538. The molecular formula is C16H26N2O3S. The standard InChI is InChI=1S/C16H26N2O3S/c1-14-11-18(12-15(2)21-14)10-6-9-17-22(19,20)13-16-7-4-3-5-8-16/h3-5,7-8,14-15,17H,6,9-13H2,1-2H3. The number of morpholine rings is 1. The van der Waals surface area contributed by atoms with Gasteiger partial charge >= 0.3 is 0 Å². The lowest BCUT2D eigenvalue weighted by Gasteiger charge is -2.35. The summed E-state index contributed by atoms with van der Waals surface area (Å²) in [6.45, 7) is 7.36. The molecule has 2 rings (SSSR count). The Morgan fingerprint density at radius 2 is 1.82 bits per heavy atom. The zero-order chi connectivity index (χ0) is 16.0. The third kappa shape index (κ3) is 6.04. The number of hydrogen-bond donors (Lipinski definition) is 1. The third-order valence-electron chi connectivity index (χ3n) is 3.67. The van der Waals surface area contributed by atoms with Crippen LogP contribution in [0, 0.1) is 0 Å². The van der Waals surface area contributed by atoms with E-state index < -0.39 is 10.0 Å². The molecule has 1 aliphatic rings. The van der Waals surface area contributed by atoms with Crippen LogP contribution in [0.15, 0.2) is 30.3 Å². The van der Waals surface area contributed by atoms with Gasteiger partial charge in [0.25, 0.3) is 0 Å². The molecule has 1 aliphatic heterocycles. The van der Waals surface area contributed by atoms with Crippen molar-refractivity contribution in [3.63, 3.8) is 0 Å². The minimum Gasteiger partial charge on any atom is -0.373 e. The van der Waals surface area contributed by atoms with Gasteiger partial charge in [0, 0.05) is 19.6 Å². The minimum atomic E-state index is -3.25. The van der Waals surface area contributed by atoms with Crippen molar-refractivity contribution in [2.75, 3.05) is 26.2 Å². The highest BCUT2D eigenvalue weighted by Crippen LogP contribution is 2.10. The van der Waals surface area contributed by atoms with E-state index >= 15 is 0 Å². The van der Waals surface area contributed by atoms with Crippen LogP contribution in [0.2, 0.25) is 0 Å². The SMILES string of the molecule is CC1CN(CCCNS(=O)(=O)Cc2ccccc2)CC(C)O1. The summed E-state index contributed by atoms with van der Waals surface area (Å²) < 4.78 is 32.4. The van der Waals surface area contributed by atoms with Crippen LogP contribution < -0.4 is 4.72 Å². The Morgan fingerprint density at radius 3 is 2.45 bits per heavy atom. The summed E-state index contributed by atoms with van der Waals surface area (Å²) in [7, 11) is -3.25. The molecule has 5 nitrogen and oxygen atoms in total. The molecule has 6 heteroatoms. The molecule has 0 spiro atoms. The van der Waals surface area contributed by atoms with Gasteiger partial charge in [-0.15, -0.1) is 0 Å². The van der Waals surface area contributed by atoms with Crippen molar-refractivity contribution >= 4 is 10.0 Å². The van der Waals surface area contributed by atoms with E-state index in [4.69, 9.17) is 4.74 Å². The summed E-state index contributed by atoms with van der Waals surface area (Å²) in [6.07, 6.45) is 1.31. The second-order valence-corrected chi connectivity index (χ2v) is 7.82. The number of hydrogen-bond acceptors (Lipinski definition) is 4. The molecule has 22 heavy (non-hydrogen) atoms. The highest BCUT2D eigenvalue weighted by atomic mass is 32.2. The van der Waals surface area contributed by atoms with Gasteiger partial charge in [-0.25, -0.2) is 13.1 Å². The fourth-order valence-electron chi connectivity index (χ4n) is 2.84. The lowest BCUT2D eigenvalue weighted by Crippen LogP contribution is -2.46. The maximum absolute atomic E-state index is 12.0. The van der Waals surface area contributed by atoms with Crippen LogP contribution in [-0.4, -0.2) is 51.7 Å². The third-order valence-corrected chi connectivity index (χ3v) is 5.03. The van der Waals surface area contributed by atoms with Crippen molar-refractivity contribution in [3.05, 3.63) is 35.9 Å². The van der Waals surface area contributed by atoms with E-state index in [9.17, 15) is 8.42 Å². The summed E-state index contributed by atoms with van der Waals surface area (Å²) in [5.41, 5.74) is 0.811. The largest absolute Gasteiger partial charge is 0.373 e. The second kappa shape index (κ2) is 8.06. The highest BCUT2D eigenvalue weighted by molar-refractivity contribution is 7.88. The van der Waals surface area contributed by atoms with E-state index in [0.29, 0.717) is 6.54 Å². The Morgan fingerprint density at radius 1 is 1.18 bits per heavy atom. The molecule has 1 N–H and O–H groups in total. The maximum atomic E-state index is 12.0. The number of nitrogens with one attached hydrogen (secondary N) is 1. The van der Waals surface area contributed by atoms with Crippen molar-refractivity contribution < 1.29 is 13.2 Å². The number of benzene rings is 1. The number of nitrogens with zero attached hydrogens (tertiary/aromatic N) is 1. The van der Waals surface area contributed by atoms with Crippen LogP contribution >= 0.6 is 0 Å². The summed E-state index contributed by atoms with van der Waals surface area (Å²) in [6, 6.07) is 9.25. The summed E-state index contributed by atoms with van der Waals surface area (Å²) in [5.74, 6) is 0.0411. The first kappa shape index (κ1) is 17.4. The molecule has 0 radical (unpaired) electrons. The fourth-order valence-corrected chi connectivity index (χ4v) is 4.03. The highest BCUT2D eigenvalue weighted by Gasteiger charge is 2.21. The van der Waals surface area contributed by atoms with Gasteiger partial charge in [-0.1, -0.05) is 30.3 Å². The van der Waals surface area contributed by atoms with Gasteiger partial charge in [0.05, 0.1) is 18.0 Å². The normalized spacial score (nSPS) is 23.5. The zero-order valence-electron chi connectivity index (χ0n) is 13.4. The van der Waals surface area contributed by atoms with Crippen molar-refractivity contribution in [3.8, 4) is 0 Å². The molecule has 2 unspecified atom stereocenters. The van der Waals surface area contributed by atoms with Crippen LogP contribution in [0.5, 0.6) is 0 Å². The van der Waals surface area contributed by atoms with Gasteiger partial charge in [0.2, 0.25) is 10.0 Å². The molecule has 1 heterocycles. The predicted molar refractivity (Wildman–Crippen MR) is 88.1 cm³/mol. The zero-order valence-corrected chi connectivity index (χ0v) is 14.2. The van der Waals surface area contributed by atoms with E-state index in [1.54, 1.807) is 0 Å². The van der Waals surface area contributed by atoms with Gasteiger partial charge in [-0.2, -0.15) is 0 Å². The Hall–Kier alpha value is -0.950. The van der Waals surface area contributed by atoms with E-state index in [-0.39, 0.29) is 18.0 Å². The molecule has 0 amide bonds. The molecule has 124 valence electrons. The van der Waals surface area contributed by atoms with Gasteiger partial charge < -0.3 is 4.74 Å². The molecule has 1 aromatic carbocycles. The van der Waals surface area contributed by atoms with Crippen LogP contribution in [0.25, 0.3) is 0 Å². The van der Waals surface area contributed by atoms with E-state index in [1.807, 2.05) is 30.3 Å². The van der Waals surface area contributed by atoms with Gasteiger partial charge in [-0.3, -0.25) is 4.90 Å². The van der Waals surface area contributed by atoms with E-state index in [1.165, 1.54) is 0 Å². The molecule has 0 aromatic heterocycles. The quantitative estimate of drug-likeness (QED) is 0.773. The average Bonchev–Trinajstić information content (AvgIpc) is 2.43. The van der Waals surface area contributed by atoms with Crippen LogP contribution in [-0.2, 0) is 20.5 Å². The van der Waals surface area contributed by atoms with Crippen molar-refractivity contribution in [2.45, 2.75) is 38.2 Å². The Kier molecular flexibility index (Phi) is 6.37. The molecule has 2 atom stereocenters. The summed E-state index contributed by atoms with van der Waals surface area (Å²) in [5, 5.41) is 0. The van der Waals surface area contributed by atoms with E-state index in [2.05, 4.69) is 23.5 Å². The lowest BCUT2D eigenvalue weighted by molar-refractivity contribution is -0.0679. The summed E-state index contributed by atoms with van der Waals surface area (Å²) >= 11 is 0. The van der Waals surface area contributed by atoms with Crippen molar-refractivity contribution in [1.82, 2.24) is 9.62 Å². The minimum absolute atomic E-state index is 0.0411. The Balaban J connectivity index is 1.69. The number of ether oxygens (including phenoxy) is 1. The van der Waals surface area contributed by atoms with Crippen LogP contribution in [0.1, 0.15) is 25.8 Å². The van der Waals surface area contributed by atoms with Gasteiger partial charge in [0.1, 0.15) is 0 Å². The van der Waals surface area contributed by atoms with Gasteiger partial charge in [0.15, 0.2) is 0 Å². The molecule has 1 fully saturated rings. The molecular weight excluding hydrogens is 300 g/mol. The monoisotopic (exact) mass is 326 g/mol. The van der Waals surface area contributed by atoms with Crippen LogP contribution in [0.3, 0.4) is 0 Å². The van der Waals surface area contributed by atoms with Crippen molar-refractivity contribution in [2.24, 2.45) is 0 Å². The molecule has 1 aromatic rings.